The van der Waals surface area contributed by atoms with Gasteiger partial charge in [0.15, 0.2) is 0 Å². The summed E-state index contributed by atoms with van der Waals surface area (Å²) in [5.74, 6) is -0.149. The fourth-order valence-corrected chi connectivity index (χ4v) is 3.19. The first-order valence-corrected chi connectivity index (χ1v) is 7.42. The summed E-state index contributed by atoms with van der Waals surface area (Å²) in [5, 5.41) is 11.6. The second kappa shape index (κ2) is 3.97. The van der Waals surface area contributed by atoms with Gasteiger partial charge in [0.05, 0.1) is 25.7 Å². The van der Waals surface area contributed by atoms with Gasteiger partial charge in [0.1, 0.15) is 5.82 Å². The molecule has 2 heterocycles. The van der Waals surface area contributed by atoms with Crippen molar-refractivity contribution in [3.05, 3.63) is 27.7 Å². The highest BCUT2D eigenvalue weighted by molar-refractivity contribution is 14.1. The Kier molecular flexibility index (Phi) is 2.42. The number of fused-ring (bicyclic) bond motifs is 2. The molecule has 0 bridgehead atoms. The van der Waals surface area contributed by atoms with E-state index in [2.05, 4.69) is 4.98 Å². The molecule has 0 amide bonds. The Bertz CT molecular complexity index is 870. The lowest BCUT2D eigenvalue weighted by molar-refractivity contribution is 0.424. The summed E-state index contributed by atoms with van der Waals surface area (Å²) in [4.78, 5) is 4.48. The molecule has 1 aliphatic carbocycles. The lowest BCUT2D eigenvalue weighted by atomic mass is 10.1. The first kappa shape index (κ1) is 12.2. The van der Waals surface area contributed by atoms with Gasteiger partial charge in [0.25, 0.3) is 0 Å². The van der Waals surface area contributed by atoms with Crippen LogP contribution in [0.15, 0.2) is 18.3 Å². The van der Waals surface area contributed by atoms with Gasteiger partial charge in [0.2, 0.25) is 5.88 Å². The average Bonchev–Trinajstić information content (AvgIpc) is 3.20. The number of nitrogen functional groups attached to an aromatic ring is 1. The maximum Gasteiger partial charge on any atom is 0.203 e. The maximum absolute atomic E-state index is 13.7. The largest absolute Gasteiger partial charge is 0.494 e. The van der Waals surface area contributed by atoms with Crippen LogP contribution >= 0.6 is 22.6 Å². The van der Waals surface area contributed by atoms with Crippen molar-refractivity contribution >= 4 is 50.1 Å². The molecule has 0 saturated heterocycles. The Morgan fingerprint density at radius 2 is 2.15 bits per heavy atom. The minimum Gasteiger partial charge on any atom is -0.494 e. The summed E-state index contributed by atoms with van der Waals surface area (Å²) < 4.78 is 15.9. The molecule has 20 heavy (non-hydrogen) atoms. The van der Waals surface area contributed by atoms with Crippen molar-refractivity contribution in [2.45, 2.75) is 18.9 Å². The van der Waals surface area contributed by atoms with Gasteiger partial charge in [-0.05, 0) is 47.6 Å². The van der Waals surface area contributed by atoms with Crippen LogP contribution in [0.4, 0.5) is 10.1 Å². The summed E-state index contributed by atoms with van der Waals surface area (Å²) in [6, 6.07) is 3.33. The molecule has 6 heteroatoms. The van der Waals surface area contributed by atoms with E-state index in [-0.39, 0.29) is 11.7 Å². The SMILES string of the molecule is Nc1c2ccc(F)c(I)c2nc2cn(C3CC3)c(O)c12. The first-order chi connectivity index (χ1) is 9.58. The van der Waals surface area contributed by atoms with Crippen LogP contribution in [-0.4, -0.2) is 14.7 Å². The molecule has 0 unspecified atom stereocenters. The second-order valence-electron chi connectivity index (χ2n) is 5.13. The Balaban J connectivity index is 2.16. The van der Waals surface area contributed by atoms with Gasteiger partial charge in [-0.1, -0.05) is 0 Å². The molecule has 1 fully saturated rings. The molecule has 0 atom stereocenters. The zero-order valence-electron chi connectivity index (χ0n) is 10.4. The molecule has 3 aromatic rings. The van der Waals surface area contributed by atoms with E-state index < -0.39 is 0 Å². The topological polar surface area (TPSA) is 64.1 Å². The van der Waals surface area contributed by atoms with Crippen LogP contribution in [0.2, 0.25) is 0 Å². The zero-order valence-corrected chi connectivity index (χ0v) is 12.6. The molecule has 0 spiro atoms. The van der Waals surface area contributed by atoms with Crippen molar-refractivity contribution in [3.63, 3.8) is 0 Å². The number of rotatable bonds is 1. The molecule has 4 rings (SSSR count). The lowest BCUT2D eigenvalue weighted by Crippen LogP contribution is -1.94. The Morgan fingerprint density at radius 1 is 1.40 bits per heavy atom. The molecule has 0 aliphatic heterocycles. The molecule has 102 valence electrons. The zero-order chi connectivity index (χ0) is 14.0. The first-order valence-electron chi connectivity index (χ1n) is 6.34. The second-order valence-corrected chi connectivity index (χ2v) is 6.21. The minimum absolute atomic E-state index is 0.161. The van der Waals surface area contributed by atoms with Crippen LogP contribution in [0.5, 0.6) is 5.88 Å². The van der Waals surface area contributed by atoms with Crippen LogP contribution in [-0.2, 0) is 0 Å². The van der Waals surface area contributed by atoms with Crippen LogP contribution in [0.3, 0.4) is 0 Å². The number of benzene rings is 1. The highest BCUT2D eigenvalue weighted by atomic mass is 127. The van der Waals surface area contributed by atoms with Gasteiger partial charge in [-0.3, -0.25) is 0 Å². The van der Waals surface area contributed by atoms with E-state index in [1.54, 1.807) is 12.3 Å². The van der Waals surface area contributed by atoms with E-state index in [4.69, 9.17) is 5.73 Å². The highest BCUT2D eigenvalue weighted by Crippen LogP contribution is 2.44. The quantitative estimate of drug-likeness (QED) is 0.632. The summed E-state index contributed by atoms with van der Waals surface area (Å²) in [6.45, 7) is 0. The third-order valence-electron chi connectivity index (χ3n) is 3.79. The third-order valence-corrected chi connectivity index (χ3v) is 4.81. The van der Waals surface area contributed by atoms with E-state index in [1.807, 2.05) is 27.2 Å². The Labute approximate surface area is 127 Å². The molecule has 3 N–H and O–H groups in total. The normalized spacial score (nSPS) is 15.3. The molecule has 0 radical (unpaired) electrons. The van der Waals surface area contributed by atoms with Crippen LogP contribution in [0.25, 0.3) is 21.8 Å². The standard InChI is InChI=1S/C14H11FIN3O/c15-8-4-3-7-12(17)10-9(18-13(7)11(8)16)5-19(14(10)20)6-1-2-6/h3-6,20H,1-2,17H2. The monoisotopic (exact) mass is 383 g/mol. The van der Waals surface area contributed by atoms with Crippen molar-refractivity contribution < 1.29 is 9.50 Å². The fourth-order valence-electron chi connectivity index (χ4n) is 2.60. The smallest absolute Gasteiger partial charge is 0.203 e. The Morgan fingerprint density at radius 3 is 2.85 bits per heavy atom. The number of halogens is 2. The number of nitrogens with two attached hydrogens (primary N) is 1. The third kappa shape index (κ3) is 1.54. The number of aromatic hydroxyl groups is 1. The summed E-state index contributed by atoms with van der Waals surface area (Å²) >= 11 is 1.93. The summed E-state index contributed by atoms with van der Waals surface area (Å²) in [5.41, 5.74) is 7.79. The van der Waals surface area contributed by atoms with Crippen molar-refractivity contribution in [2.75, 3.05) is 5.73 Å². The van der Waals surface area contributed by atoms with Gasteiger partial charge in [-0.25, -0.2) is 9.37 Å². The van der Waals surface area contributed by atoms with Gasteiger partial charge < -0.3 is 15.4 Å². The van der Waals surface area contributed by atoms with Gasteiger partial charge >= 0.3 is 0 Å². The van der Waals surface area contributed by atoms with E-state index >= 15 is 0 Å². The predicted molar refractivity (Wildman–Crippen MR) is 84.3 cm³/mol. The number of anilines is 1. The molecule has 4 nitrogen and oxygen atoms in total. The fraction of sp³-hybridized carbons (Fsp3) is 0.214. The molecule has 1 saturated carbocycles. The minimum atomic E-state index is -0.310. The van der Waals surface area contributed by atoms with Crippen LogP contribution < -0.4 is 5.73 Å². The van der Waals surface area contributed by atoms with E-state index in [9.17, 15) is 9.50 Å². The average molecular weight is 383 g/mol. The number of aromatic nitrogens is 2. The number of hydrogen-bond acceptors (Lipinski definition) is 3. The van der Waals surface area contributed by atoms with E-state index in [0.29, 0.717) is 37.1 Å². The summed E-state index contributed by atoms with van der Waals surface area (Å²) in [6.07, 6.45) is 3.92. The molecule has 1 aliphatic rings. The van der Waals surface area contributed by atoms with Crippen molar-refractivity contribution in [2.24, 2.45) is 0 Å². The van der Waals surface area contributed by atoms with E-state index in [1.165, 1.54) is 6.07 Å². The van der Waals surface area contributed by atoms with E-state index in [0.717, 1.165) is 12.8 Å². The number of hydrogen-bond donors (Lipinski definition) is 2. The highest BCUT2D eigenvalue weighted by Gasteiger charge is 2.28. The van der Waals surface area contributed by atoms with Gasteiger partial charge in [0, 0.05) is 17.6 Å². The van der Waals surface area contributed by atoms with Crippen LogP contribution in [0.1, 0.15) is 18.9 Å². The lowest BCUT2D eigenvalue weighted by Gasteiger charge is -2.06. The number of pyridine rings is 1. The van der Waals surface area contributed by atoms with Crippen molar-refractivity contribution in [3.8, 4) is 5.88 Å². The molecular weight excluding hydrogens is 372 g/mol. The Hall–Kier alpha value is -1.57. The van der Waals surface area contributed by atoms with Crippen molar-refractivity contribution in [1.29, 1.82) is 0 Å². The van der Waals surface area contributed by atoms with Crippen LogP contribution in [0, 0.1) is 9.39 Å². The molecule has 1 aromatic carbocycles. The van der Waals surface area contributed by atoms with Gasteiger partial charge in [-0.2, -0.15) is 0 Å². The molecular formula is C14H11FIN3O. The maximum atomic E-state index is 13.7. The van der Waals surface area contributed by atoms with Crippen molar-refractivity contribution in [1.82, 2.24) is 9.55 Å². The summed E-state index contributed by atoms with van der Waals surface area (Å²) in [7, 11) is 0. The molecule has 2 aromatic heterocycles. The number of nitrogens with zero attached hydrogens (tertiary/aromatic N) is 2. The predicted octanol–water partition coefficient (Wildman–Crippen LogP) is 3.56. The van der Waals surface area contributed by atoms with Gasteiger partial charge in [-0.15, -0.1) is 0 Å².